The predicted octanol–water partition coefficient (Wildman–Crippen LogP) is 4.32. The highest BCUT2D eigenvalue weighted by molar-refractivity contribution is 7.13. The zero-order valence-electron chi connectivity index (χ0n) is 14.1. The number of anilines is 1. The van der Waals surface area contributed by atoms with Crippen LogP contribution in [0.5, 0.6) is 5.75 Å². The summed E-state index contributed by atoms with van der Waals surface area (Å²) in [7, 11) is 0. The third kappa shape index (κ3) is 3.01. The van der Waals surface area contributed by atoms with Crippen LogP contribution in [0.4, 0.5) is 5.69 Å². The van der Waals surface area contributed by atoms with Gasteiger partial charge in [-0.2, -0.15) is 0 Å². The quantitative estimate of drug-likeness (QED) is 0.848. The number of hydrogen-bond donors (Lipinski definition) is 2. The van der Waals surface area contributed by atoms with Crippen molar-refractivity contribution in [3.8, 4) is 5.75 Å². The second-order valence-corrected chi connectivity index (χ2v) is 6.97. The lowest BCUT2D eigenvalue weighted by Gasteiger charge is -2.19. The first-order valence-electron chi connectivity index (χ1n) is 7.97. The highest BCUT2D eigenvalue weighted by Crippen LogP contribution is 2.34. The number of ether oxygens (including phenoxy) is 1. The number of nitrogens with one attached hydrogen (secondary N) is 1. The van der Waals surface area contributed by atoms with E-state index in [4.69, 9.17) is 10.1 Å². The van der Waals surface area contributed by atoms with E-state index >= 15 is 0 Å². The highest BCUT2D eigenvalue weighted by Gasteiger charge is 2.31. The van der Waals surface area contributed by atoms with Crippen LogP contribution in [-0.2, 0) is 0 Å². The van der Waals surface area contributed by atoms with E-state index in [1.54, 1.807) is 4.90 Å². The molecule has 24 heavy (non-hydrogen) atoms. The largest absolute Gasteiger partial charge is 0.510 e. The van der Waals surface area contributed by atoms with Crippen LogP contribution >= 0.6 is 11.3 Å². The summed E-state index contributed by atoms with van der Waals surface area (Å²) in [5, 5.41) is 19.6. The lowest BCUT2D eigenvalue weighted by atomic mass is 10.2. The zero-order chi connectivity index (χ0) is 17.3. The van der Waals surface area contributed by atoms with Gasteiger partial charge in [0.2, 0.25) is 0 Å². The van der Waals surface area contributed by atoms with E-state index in [-0.39, 0.29) is 18.1 Å². The minimum atomic E-state index is 0.189. The van der Waals surface area contributed by atoms with Gasteiger partial charge in [-0.15, -0.1) is 11.3 Å². The molecule has 0 saturated heterocycles. The molecule has 6 heteroatoms. The third-order valence-electron chi connectivity index (χ3n) is 3.95. The minimum absolute atomic E-state index is 0.189. The number of aliphatic hydroxyl groups is 1. The Hall–Kier alpha value is -2.34. The molecule has 1 aliphatic rings. The Kier molecular flexibility index (Phi) is 4.57. The van der Waals surface area contributed by atoms with E-state index in [1.807, 2.05) is 38.1 Å². The maximum absolute atomic E-state index is 10.4. The molecule has 2 N–H and O–H groups in total. The number of rotatable bonds is 5. The molecule has 3 rings (SSSR count). The van der Waals surface area contributed by atoms with Crippen LogP contribution in [0.2, 0.25) is 0 Å². The fourth-order valence-electron chi connectivity index (χ4n) is 2.57. The Balaban J connectivity index is 1.87. The number of thiazole rings is 1. The maximum Gasteiger partial charge on any atom is 0.139 e. The Morgan fingerprint density at radius 2 is 2.17 bits per heavy atom. The molecule has 0 unspecified atom stereocenters. The minimum Gasteiger partial charge on any atom is -0.510 e. The summed E-state index contributed by atoms with van der Waals surface area (Å²) in [6.45, 7) is 6.94. The number of benzene rings is 1. The van der Waals surface area contributed by atoms with Gasteiger partial charge in [0.05, 0.1) is 24.4 Å². The lowest BCUT2D eigenvalue weighted by molar-refractivity contribution is 0.317. The van der Waals surface area contributed by atoms with Crippen molar-refractivity contribution in [2.45, 2.75) is 27.2 Å². The van der Waals surface area contributed by atoms with Crippen molar-refractivity contribution < 1.29 is 9.84 Å². The van der Waals surface area contributed by atoms with Crippen LogP contribution in [0.25, 0.3) is 5.57 Å². The Morgan fingerprint density at radius 1 is 1.38 bits per heavy atom. The van der Waals surface area contributed by atoms with Gasteiger partial charge in [0, 0.05) is 16.6 Å². The van der Waals surface area contributed by atoms with Crippen LogP contribution in [0, 0.1) is 19.3 Å². The standard InChI is InChI=1S/C18H21N3O2S/c1-4-8-23-14-7-5-6-13(9-14)21-10-15(22)16(17(21)19)18-20-11(2)12(3)24-18/h5-7,9,19,22H,4,8,10H2,1-3H3. The molecule has 0 spiro atoms. The average molecular weight is 343 g/mol. The van der Waals surface area contributed by atoms with Crippen molar-refractivity contribution in [3.63, 3.8) is 0 Å². The summed E-state index contributed by atoms with van der Waals surface area (Å²) in [5.74, 6) is 1.23. The summed E-state index contributed by atoms with van der Waals surface area (Å²) in [6.07, 6.45) is 0.943. The van der Waals surface area contributed by atoms with Gasteiger partial charge < -0.3 is 14.7 Å². The second-order valence-electron chi connectivity index (χ2n) is 5.76. The molecule has 1 aromatic carbocycles. The molecule has 5 nitrogen and oxygen atoms in total. The lowest BCUT2D eigenvalue weighted by Crippen LogP contribution is -2.26. The molecule has 0 fully saturated rings. The van der Waals surface area contributed by atoms with E-state index in [2.05, 4.69) is 11.9 Å². The van der Waals surface area contributed by atoms with Crippen molar-refractivity contribution in [3.05, 3.63) is 45.6 Å². The molecule has 0 amide bonds. The van der Waals surface area contributed by atoms with Gasteiger partial charge in [-0.1, -0.05) is 13.0 Å². The average Bonchev–Trinajstić information content (AvgIpc) is 3.04. The van der Waals surface area contributed by atoms with E-state index in [0.29, 0.717) is 17.2 Å². The number of hydrogen-bond acceptors (Lipinski definition) is 5. The van der Waals surface area contributed by atoms with Crippen molar-refractivity contribution in [2.75, 3.05) is 18.1 Å². The molecule has 1 aromatic heterocycles. The zero-order valence-corrected chi connectivity index (χ0v) is 14.9. The third-order valence-corrected chi connectivity index (χ3v) is 5.04. The van der Waals surface area contributed by atoms with Gasteiger partial charge in [0.1, 0.15) is 22.4 Å². The van der Waals surface area contributed by atoms with E-state index < -0.39 is 0 Å². The summed E-state index contributed by atoms with van der Waals surface area (Å²) in [4.78, 5) is 7.36. The van der Waals surface area contributed by atoms with E-state index in [0.717, 1.165) is 28.4 Å². The number of aromatic nitrogens is 1. The Labute approximate surface area is 145 Å². The SMILES string of the molecule is CCCOc1cccc(N2CC(O)=C(c3nc(C)c(C)s3)C2=N)c1. The molecular formula is C18H21N3O2S. The van der Waals surface area contributed by atoms with Gasteiger partial charge in [-0.3, -0.25) is 5.41 Å². The second kappa shape index (κ2) is 6.65. The molecule has 0 radical (unpaired) electrons. The number of amidine groups is 1. The molecule has 0 saturated carbocycles. The van der Waals surface area contributed by atoms with Crippen molar-refractivity contribution in [1.82, 2.24) is 4.98 Å². The molecule has 0 atom stereocenters. The van der Waals surface area contributed by atoms with Crippen LogP contribution in [0.15, 0.2) is 30.0 Å². The first-order chi connectivity index (χ1) is 11.5. The molecule has 2 heterocycles. The van der Waals surface area contributed by atoms with Gasteiger partial charge in [0.15, 0.2) is 0 Å². The Bertz CT molecular complexity index is 791. The first-order valence-corrected chi connectivity index (χ1v) is 8.78. The maximum atomic E-state index is 10.4. The fraction of sp³-hybridized carbons (Fsp3) is 0.333. The van der Waals surface area contributed by atoms with Crippen molar-refractivity contribution in [1.29, 1.82) is 5.41 Å². The number of aliphatic hydroxyl groups excluding tert-OH is 1. The van der Waals surface area contributed by atoms with Crippen LogP contribution in [-0.4, -0.2) is 29.1 Å². The molecule has 2 aromatic rings. The van der Waals surface area contributed by atoms with Crippen molar-refractivity contribution >= 4 is 28.4 Å². The van der Waals surface area contributed by atoms with Gasteiger partial charge in [-0.25, -0.2) is 4.98 Å². The molecule has 0 bridgehead atoms. The monoisotopic (exact) mass is 343 g/mol. The van der Waals surface area contributed by atoms with E-state index in [1.165, 1.54) is 11.3 Å². The van der Waals surface area contributed by atoms with Gasteiger partial charge in [0.25, 0.3) is 0 Å². The molecule has 126 valence electrons. The number of aryl methyl sites for hydroxylation is 2. The van der Waals surface area contributed by atoms with Crippen molar-refractivity contribution in [2.24, 2.45) is 0 Å². The smallest absolute Gasteiger partial charge is 0.139 e. The van der Waals surface area contributed by atoms with Crippen LogP contribution < -0.4 is 9.64 Å². The number of nitrogens with zero attached hydrogens (tertiary/aromatic N) is 2. The van der Waals surface area contributed by atoms with E-state index in [9.17, 15) is 5.11 Å². The van der Waals surface area contributed by atoms with Crippen LogP contribution in [0.3, 0.4) is 0 Å². The normalized spacial score (nSPS) is 14.6. The van der Waals surface area contributed by atoms with Gasteiger partial charge in [-0.05, 0) is 32.4 Å². The highest BCUT2D eigenvalue weighted by atomic mass is 32.1. The molecular weight excluding hydrogens is 322 g/mol. The molecule has 0 aliphatic carbocycles. The van der Waals surface area contributed by atoms with Crippen LogP contribution in [0.1, 0.15) is 28.9 Å². The first kappa shape index (κ1) is 16.5. The predicted molar refractivity (Wildman–Crippen MR) is 98.4 cm³/mol. The van der Waals surface area contributed by atoms with Gasteiger partial charge >= 0.3 is 0 Å². The summed E-state index contributed by atoms with van der Waals surface area (Å²) in [5.41, 5.74) is 2.30. The summed E-state index contributed by atoms with van der Waals surface area (Å²) >= 11 is 1.51. The topological polar surface area (TPSA) is 69.4 Å². The summed E-state index contributed by atoms with van der Waals surface area (Å²) in [6, 6.07) is 7.63. The molecule has 1 aliphatic heterocycles. The fourth-order valence-corrected chi connectivity index (χ4v) is 3.55. The summed E-state index contributed by atoms with van der Waals surface area (Å²) < 4.78 is 5.66. The Morgan fingerprint density at radius 3 is 2.83 bits per heavy atom.